The minimum atomic E-state index is -0.692. The highest BCUT2D eigenvalue weighted by Crippen LogP contribution is 2.21. The van der Waals surface area contributed by atoms with Gasteiger partial charge in [0.15, 0.2) is 5.78 Å². The van der Waals surface area contributed by atoms with E-state index in [1.165, 1.54) is 12.3 Å². The Labute approximate surface area is 105 Å². The third-order valence-corrected chi connectivity index (χ3v) is 2.92. The van der Waals surface area contributed by atoms with Gasteiger partial charge in [0.2, 0.25) is 5.95 Å². The van der Waals surface area contributed by atoms with Gasteiger partial charge >= 0.3 is 0 Å². The summed E-state index contributed by atoms with van der Waals surface area (Å²) in [7, 11) is 0. The van der Waals surface area contributed by atoms with Gasteiger partial charge in [-0.2, -0.15) is 4.39 Å². The molecule has 0 bridgehead atoms. The van der Waals surface area contributed by atoms with Crippen molar-refractivity contribution in [1.82, 2.24) is 4.98 Å². The van der Waals surface area contributed by atoms with Gasteiger partial charge in [-0.3, -0.25) is 4.79 Å². The molecule has 1 heterocycles. The summed E-state index contributed by atoms with van der Waals surface area (Å²) in [5, 5.41) is 0. The van der Waals surface area contributed by atoms with Crippen LogP contribution in [-0.4, -0.2) is 10.8 Å². The van der Waals surface area contributed by atoms with E-state index in [2.05, 4.69) is 4.98 Å². The quantitative estimate of drug-likeness (QED) is 0.606. The second-order valence-electron chi connectivity index (χ2n) is 4.28. The molecule has 3 heteroatoms. The highest BCUT2D eigenvalue weighted by atomic mass is 19.1. The van der Waals surface area contributed by atoms with Gasteiger partial charge in [0.25, 0.3) is 0 Å². The molecule has 92 valence electrons. The monoisotopic (exact) mass is 243 g/mol. The SMILES string of the molecule is CC(CC(=O)c1cccnc1F)c1ccccc1. The topological polar surface area (TPSA) is 30.0 Å². The summed E-state index contributed by atoms with van der Waals surface area (Å²) in [6.07, 6.45) is 1.62. The number of benzene rings is 1. The van der Waals surface area contributed by atoms with Crippen molar-refractivity contribution >= 4 is 5.78 Å². The van der Waals surface area contributed by atoms with Gasteiger partial charge in [-0.05, 0) is 23.6 Å². The molecular formula is C15H14FNO. The molecule has 1 aromatic carbocycles. The lowest BCUT2D eigenvalue weighted by molar-refractivity contribution is 0.0971. The lowest BCUT2D eigenvalue weighted by Crippen LogP contribution is -2.08. The molecule has 1 aromatic heterocycles. The summed E-state index contributed by atoms with van der Waals surface area (Å²) in [6, 6.07) is 12.8. The van der Waals surface area contributed by atoms with Crippen molar-refractivity contribution in [3.05, 3.63) is 65.7 Å². The number of carbonyl (C=O) groups excluding carboxylic acids is 1. The number of ketones is 1. The predicted octanol–water partition coefficient (Wildman–Crippen LogP) is 3.60. The van der Waals surface area contributed by atoms with Gasteiger partial charge in [0.05, 0.1) is 5.56 Å². The molecule has 0 radical (unpaired) electrons. The van der Waals surface area contributed by atoms with Gasteiger partial charge in [-0.1, -0.05) is 37.3 Å². The van der Waals surface area contributed by atoms with Gasteiger partial charge in [-0.15, -0.1) is 0 Å². The van der Waals surface area contributed by atoms with Gasteiger partial charge in [0, 0.05) is 12.6 Å². The minimum Gasteiger partial charge on any atom is -0.294 e. The van der Waals surface area contributed by atoms with Crippen LogP contribution in [0.4, 0.5) is 4.39 Å². The Morgan fingerprint density at radius 3 is 2.61 bits per heavy atom. The average molecular weight is 243 g/mol. The molecule has 2 nitrogen and oxygen atoms in total. The van der Waals surface area contributed by atoms with E-state index in [0.29, 0.717) is 0 Å². The maximum atomic E-state index is 13.4. The first-order valence-corrected chi connectivity index (χ1v) is 5.87. The maximum Gasteiger partial charge on any atom is 0.223 e. The van der Waals surface area contributed by atoms with Crippen LogP contribution in [0.15, 0.2) is 48.7 Å². The summed E-state index contributed by atoms with van der Waals surface area (Å²) < 4.78 is 13.4. The largest absolute Gasteiger partial charge is 0.294 e. The summed E-state index contributed by atoms with van der Waals surface area (Å²) in [5.41, 5.74) is 1.15. The number of hydrogen-bond donors (Lipinski definition) is 0. The van der Waals surface area contributed by atoms with Gasteiger partial charge in [0.1, 0.15) is 0 Å². The number of carbonyl (C=O) groups is 1. The summed E-state index contributed by atoms with van der Waals surface area (Å²) in [6.45, 7) is 1.96. The van der Waals surface area contributed by atoms with E-state index < -0.39 is 5.95 Å². The Morgan fingerprint density at radius 2 is 1.94 bits per heavy atom. The first-order valence-electron chi connectivity index (χ1n) is 5.87. The Hall–Kier alpha value is -2.03. The van der Waals surface area contributed by atoms with Crippen LogP contribution in [0.2, 0.25) is 0 Å². The lowest BCUT2D eigenvalue weighted by Gasteiger charge is -2.10. The smallest absolute Gasteiger partial charge is 0.223 e. The van der Waals surface area contributed by atoms with E-state index in [1.807, 2.05) is 37.3 Å². The Balaban J connectivity index is 2.11. The standard InChI is InChI=1S/C15H14FNO/c1-11(12-6-3-2-4-7-12)10-14(18)13-8-5-9-17-15(13)16/h2-9,11H,10H2,1H3. The Morgan fingerprint density at radius 1 is 1.22 bits per heavy atom. The van der Waals surface area contributed by atoms with Gasteiger partial charge in [-0.25, -0.2) is 4.98 Å². The molecule has 2 rings (SSSR count). The van der Waals surface area contributed by atoms with Crippen molar-refractivity contribution in [2.24, 2.45) is 0 Å². The van der Waals surface area contributed by atoms with Crippen molar-refractivity contribution < 1.29 is 9.18 Å². The lowest BCUT2D eigenvalue weighted by atomic mass is 9.94. The van der Waals surface area contributed by atoms with Crippen LogP contribution in [0.1, 0.15) is 35.2 Å². The van der Waals surface area contributed by atoms with Crippen LogP contribution in [-0.2, 0) is 0 Å². The van der Waals surface area contributed by atoms with Crippen molar-refractivity contribution in [3.8, 4) is 0 Å². The summed E-state index contributed by atoms with van der Waals surface area (Å²) in [4.78, 5) is 15.5. The molecule has 0 aliphatic heterocycles. The fourth-order valence-corrected chi connectivity index (χ4v) is 1.88. The van der Waals surface area contributed by atoms with E-state index in [9.17, 15) is 9.18 Å². The zero-order chi connectivity index (χ0) is 13.0. The normalized spacial score (nSPS) is 12.1. The molecule has 0 amide bonds. The first-order chi connectivity index (χ1) is 8.68. The minimum absolute atomic E-state index is 0.0679. The number of pyridine rings is 1. The zero-order valence-corrected chi connectivity index (χ0v) is 10.1. The van der Waals surface area contributed by atoms with Crippen LogP contribution >= 0.6 is 0 Å². The molecule has 0 spiro atoms. The molecule has 1 atom stereocenters. The third-order valence-electron chi connectivity index (χ3n) is 2.92. The molecule has 0 aliphatic carbocycles. The van der Waals surface area contributed by atoms with Crippen LogP contribution in [0.25, 0.3) is 0 Å². The van der Waals surface area contributed by atoms with Crippen LogP contribution < -0.4 is 0 Å². The van der Waals surface area contributed by atoms with Gasteiger partial charge < -0.3 is 0 Å². The molecule has 1 unspecified atom stereocenters. The van der Waals surface area contributed by atoms with Crippen molar-refractivity contribution in [2.75, 3.05) is 0 Å². The average Bonchev–Trinajstić information content (AvgIpc) is 2.40. The number of Topliss-reactive ketones (excluding diaryl/α,β-unsaturated/α-hetero) is 1. The Bertz CT molecular complexity index is 539. The molecule has 18 heavy (non-hydrogen) atoms. The van der Waals surface area contributed by atoms with Crippen LogP contribution in [0.5, 0.6) is 0 Å². The van der Waals surface area contributed by atoms with Crippen LogP contribution in [0.3, 0.4) is 0 Å². The van der Waals surface area contributed by atoms with Crippen molar-refractivity contribution in [2.45, 2.75) is 19.3 Å². The van der Waals surface area contributed by atoms with E-state index in [-0.39, 0.29) is 23.7 Å². The second kappa shape index (κ2) is 5.54. The number of halogens is 1. The number of aromatic nitrogens is 1. The molecule has 0 N–H and O–H groups in total. The van der Waals surface area contributed by atoms with E-state index in [0.717, 1.165) is 5.56 Å². The molecule has 0 aliphatic rings. The zero-order valence-electron chi connectivity index (χ0n) is 10.1. The predicted molar refractivity (Wildman–Crippen MR) is 68.0 cm³/mol. The fraction of sp³-hybridized carbons (Fsp3) is 0.200. The Kier molecular flexibility index (Phi) is 3.82. The second-order valence-corrected chi connectivity index (χ2v) is 4.28. The highest BCUT2D eigenvalue weighted by molar-refractivity contribution is 5.96. The molecule has 0 fully saturated rings. The van der Waals surface area contributed by atoms with Crippen molar-refractivity contribution in [3.63, 3.8) is 0 Å². The fourth-order valence-electron chi connectivity index (χ4n) is 1.88. The highest BCUT2D eigenvalue weighted by Gasteiger charge is 2.16. The number of rotatable bonds is 4. The molecule has 2 aromatic rings. The first kappa shape index (κ1) is 12.4. The van der Waals surface area contributed by atoms with E-state index >= 15 is 0 Å². The van der Waals surface area contributed by atoms with Crippen LogP contribution in [0, 0.1) is 5.95 Å². The number of hydrogen-bond acceptors (Lipinski definition) is 2. The molecular weight excluding hydrogens is 229 g/mol. The van der Waals surface area contributed by atoms with E-state index in [1.54, 1.807) is 6.07 Å². The summed E-state index contributed by atoms with van der Waals surface area (Å²) in [5.74, 6) is -0.835. The number of nitrogens with zero attached hydrogens (tertiary/aromatic N) is 1. The summed E-state index contributed by atoms with van der Waals surface area (Å²) >= 11 is 0. The van der Waals surface area contributed by atoms with E-state index in [4.69, 9.17) is 0 Å². The third kappa shape index (κ3) is 2.80. The molecule has 0 saturated carbocycles. The maximum absolute atomic E-state index is 13.4. The molecule has 0 saturated heterocycles. The van der Waals surface area contributed by atoms with Crippen molar-refractivity contribution in [1.29, 1.82) is 0 Å².